The maximum Gasteiger partial charge on any atom is 0.472 e. The van der Waals surface area contributed by atoms with Crippen molar-refractivity contribution in [2.75, 3.05) is 19.8 Å². The molecular formula is C53H94NO10P. The number of carbonyl (C=O) groups is 3. The van der Waals surface area contributed by atoms with Crippen molar-refractivity contribution >= 4 is 25.7 Å². The fraction of sp³-hybridized carbons (Fsp3) is 0.755. The van der Waals surface area contributed by atoms with E-state index in [-0.39, 0.29) is 12.8 Å². The summed E-state index contributed by atoms with van der Waals surface area (Å²) in [4.78, 5) is 46.1. The van der Waals surface area contributed by atoms with Gasteiger partial charge in [0.25, 0.3) is 0 Å². The molecule has 0 aliphatic carbocycles. The molecule has 3 atom stereocenters. The maximum atomic E-state index is 12.3. The Morgan fingerprint density at radius 1 is 0.508 bits per heavy atom. The van der Waals surface area contributed by atoms with E-state index in [1.54, 1.807) is 0 Å². The molecule has 0 fully saturated rings. The molecule has 0 rings (SSSR count). The standard InChI is InChI=1S/C53H94NO10P/c1-3-5-7-9-11-13-15-17-19-21-22-23-24-25-26-27-29-31-33-35-37-39-41-43-45-52(57)62-46-49(55)47-63-65(60,61)64-48-50(53(58)59)54-51(56)44-42-40-38-36-34-32-30-28-20-18-16-14-12-10-8-6-4-2/h6,8,12,14,18,20,30,32,36,38,49-50,55H,3-5,7,9-11,13,15-17,19,21-29,31,33-35,37,39-48H2,1-2H3,(H,54,56)(H,58,59)(H,60,61)/b8-6-,14-12-,20-18-,32-30-,38-36-. The van der Waals surface area contributed by atoms with Crippen molar-refractivity contribution in [1.82, 2.24) is 5.32 Å². The third-order valence-electron chi connectivity index (χ3n) is 11.1. The fourth-order valence-electron chi connectivity index (χ4n) is 7.12. The molecule has 0 saturated carbocycles. The van der Waals surface area contributed by atoms with E-state index in [1.165, 1.54) is 128 Å². The molecule has 0 aliphatic heterocycles. The van der Waals surface area contributed by atoms with Crippen molar-refractivity contribution in [3.63, 3.8) is 0 Å². The highest BCUT2D eigenvalue weighted by Gasteiger charge is 2.28. The van der Waals surface area contributed by atoms with Gasteiger partial charge >= 0.3 is 19.8 Å². The number of carboxylic acid groups (broad SMARTS) is 1. The predicted molar refractivity (Wildman–Crippen MR) is 268 cm³/mol. The lowest BCUT2D eigenvalue weighted by Gasteiger charge is -2.18. The van der Waals surface area contributed by atoms with E-state index in [9.17, 15) is 34.1 Å². The summed E-state index contributed by atoms with van der Waals surface area (Å²) in [5, 5.41) is 21.9. The Labute approximate surface area is 396 Å². The van der Waals surface area contributed by atoms with E-state index in [1.807, 2.05) is 12.2 Å². The van der Waals surface area contributed by atoms with Gasteiger partial charge in [0.15, 0.2) is 6.04 Å². The summed E-state index contributed by atoms with van der Waals surface area (Å²) >= 11 is 0. The van der Waals surface area contributed by atoms with Crippen LogP contribution in [0.5, 0.6) is 0 Å². The van der Waals surface area contributed by atoms with Crippen LogP contribution in [0.25, 0.3) is 0 Å². The molecule has 0 aromatic rings. The molecule has 0 spiro atoms. The van der Waals surface area contributed by atoms with Crippen LogP contribution in [0.15, 0.2) is 60.8 Å². The van der Waals surface area contributed by atoms with Gasteiger partial charge in [-0.15, -0.1) is 0 Å². The molecule has 1 amide bonds. The zero-order valence-electron chi connectivity index (χ0n) is 41.0. The summed E-state index contributed by atoms with van der Waals surface area (Å²) < 4.78 is 26.9. The number of rotatable bonds is 48. The number of phosphoric ester groups is 1. The number of phosphoric acid groups is 1. The number of carboxylic acids is 1. The van der Waals surface area contributed by atoms with Crippen LogP contribution >= 0.6 is 7.82 Å². The van der Waals surface area contributed by atoms with Gasteiger partial charge in [-0.3, -0.25) is 18.6 Å². The number of amides is 1. The summed E-state index contributed by atoms with van der Waals surface area (Å²) in [5.74, 6) is -2.45. The SMILES string of the molecule is CC/C=C\C/C=C\C/C=C\C/C=C\C/C=C\CCCC(=O)NC(COP(=O)(O)OCC(O)COC(=O)CCCCCCCCCCCCCCCCCCCCCCCCCC)C(=O)O. The van der Waals surface area contributed by atoms with Crippen LogP contribution in [0.4, 0.5) is 0 Å². The molecule has 12 heteroatoms. The number of hydrogen-bond acceptors (Lipinski definition) is 8. The van der Waals surface area contributed by atoms with Crippen molar-refractivity contribution in [2.24, 2.45) is 0 Å². The average Bonchev–Trinajstić information content (AvgIpc) is 3.28. The van der Waals surface area contributed by atoms with Crippen LogP contribution in [0, 0.1) is 0 Å². The topological polar surface area (TPSA) is 169 Å². The quantitative estimate of drug-likeness (QED) is 0.0199. The van der Waals surface area contributed by atoms with E-state index in [0.29, 0.717) is 19.3 Å². The highest BCUT2D eigenvalue weighted by molar-refractivity contribution is 7.47. The van der Waals surface area contributed by atoms with Gasteiger partial charge in [0.1, 0.15) is 12.7 Å². The average molecular weight is 936 g/mol. The fourth-order valence-corrected chi connectivity index (χ4v) is 7.89. The Kier molecular flexibility index (Phi) is 45.6. The predicted octanol–water partition coefficient (Wildman–Crippen LogP) is 14.3. The van der Waals surface area contributed by atoms with E-state index in [0.717, 1.165) is 51.4 Å². The summed E-state index contributed by atoms with van der Waals surface area (Å²) in [6.07, 6.45) is 57.0. The van der Waals surface area contributed by atoms with Gasteiger partial charge in [0, 0.05) is 12.8 Å². The number of hydrogen-bond donors (Lipinski definition) is 4. The molecule has 376 valence electrons. The highest BCUT2D eigenvalue weighted by atomic mass is 31.2. The second-order valence-corrected chi connectivity index (χ2v) is 18.8. The first kappa shape index (κ1) is 62.2. The van der Waals surface area contributed by atoms with Crippen LogP contribution in [0.3, 0.4) is 0 Å². The number of unbranched alkanes of at least 4 members (excludes halogenated alkanes) is 24. The molecule has 4 N–H and O–H groups in total. The lowest BCUT2D eigenvalue weighted by atomic mass is 10.0. The molecule has 0 aromatic heterocycles. The second-order valence-electron chi connectivity index (χ2n) is 17.3. The van der Waals surface area contributed by atoms with Crippen molar-refractivity contribution in [2.45, 2.75) is 238 Å². The Hall–Kier alpha value is -2.82. The van der Waals surface area contributed by atoms with E-state index < -0.39 is 57.6 Å². The molecule has 0 radical (unpaired) electrons. The summed E-state index contributed by atoms with van der Waals surface area (Å²) in [5.41, 5.74) is 0. The smallest absolute Gasteiger partial charge is 0.472 e. The Morgan fingerprint density at radius 3 is 1.31 bits per heavy atom. The first-order valence-corrected chi connectivity index (χ1v) is 27.3. The van der Waals surface area contributed by atoms with Gasteiger partial charge in [-0.25, -0.2) is 9.36 Å². The third-order valence-corrected chi connectivity index (χ3v) is 12.0. The minimum Gasteiger partial charge on any atom is -0.480 e. The number of esters is 1. The molecule has 0 aliphatic rings. The molecule has 11 nitrogen and oxygen atoms in total. The molecule has 65 heavy (non-hydrogen) atoms. The number of ether oxygens (including phenoxy) is 1. The monoisotopic (exact) mass is 936 g/mol. The first-order valence-electron chi connectivity index (χ1n) is 25.8. The minimum absolute atomic E-state index is 0.0654. The molecule has 0 saturated heterocycles. The van der Waals surface area contributed by atoms with E-state index in [4.69, 9.17) is 13.8 Å². The normalized spacial score (nSPS) is 14.0. The molecule has 0 aromatic carbocycles. The maximum absolute atomic E-state index is 12.3. The highest BCUT2D eigenvalue weighted by Crippen LogP contribution is 2.43. The van der Waals surface area contributed by atoms with Crippen molar-refractivity contribution in [3.05, 3.63) is 60.8 Å². The largest absolute Gasteiger partial charge is 0.480 e. The minimum atomic E-state index is -4.78. The van der Waals surface area contributed by atoms with Crippen LogP contribution < -0.4 is 5.32 Å². The Bertz CT molecular complexity index is 1330. The molecule has 0 bridgehead atoms. The van der Waals surface area contributed by atoms with Gasteiger partial charge in [0.2, 0.25) is 5.91 Å². The number of aliphatic hydroxyl groups excluding tert-OH is 1. The van der Waals surface area contributed by atoms with Crippen LogP contribution in [0.1, 0.15) is 226 Å². The zero-order valence-corrected chi connectivity index (χ0v) is 41.9. The van der Waals surface area contributed by atoms with Gasteiger partial charge < -0.3 is 25.2 Å². The number of aliphatic hydroxyl groups is 1. The zero-order chi connectivity index (χ0) is 47.7. The van der Waals surface area contributed by atoms with Gasteiger partial charge in [-0.05, 0) is 51.4 Å². The Balaban J connectivity index is 3.83. The van der Waals surface area contributed by atoms with Crippen LogP contribution in [-0.4, -0.2) is 64.9 Å². The van der Waals surface area contributed by atoms with E-state index >= 15 is 0 Å². The van der Waals surface area contributed by atoms with Crippen molar-refractivity contribution < 1.29 is 47.8 Å². The summed E-state index contributed by atoms with van der Waals surface area (Å²) in [7, 11) is -4.78. The lowest BCUT2D eigenvalue weighted by Crippen LogP contribution is -2.43. The third kappa shape index (κ3) is 47.5. The van der Waals surface area contributed by atoms with E-state index in [2.05, 4.69) is 67.8 Å². The van der Waals surface area contributed by atoms with Crippen molar-refractivity contribution in [3.8, 4) is 0 Å². The number of allylic oxidation sites excluding steroid dienone is 10. The number of carbonyl (C=O) groups excluding carboxylic acids is 2. The molecule has 3 unspecified atom stereocenters. The van der Waals surface area contributed by atoms with Gasteiger partial charge in [0.05, 0.1) is 13.2 Å². The van der Waals surface area contributed by atoms with Crippen molar-refractivity contribution in [1.29, 1.82) is 0 Å². The first-order chi connectivity index (χ1) is 31.6. The summed E-state index contributed by atoms with van der Waals surface area (Å²) in [6, 6.07) is -1.58. The Morgan fingerprint density at radius 2 is 0.892 bits per heavy atom. The molecule has 0 heterocycles. The second kappa shape index (κ2) is 47.7. The van der Waals surface area contributed by atoms with Crippen LogP contribution in [-0.2, 0) is 32.7 Å². The van der Waals surface area contributed by atoms with Gasteiger partial charge in [-0.1, -0.05) is 222 Å². The van der Waals surface area contributed by atoms with Gasteiger partial charge in [-0.2, -0.15) is 0 Å². The summed E-state index contributed by atoms with van der Waals surface area (Å²) in [6.45, 7) is 2.47. The number of nitrogens with one attached hydrogen (secondary N) is 1. The van der Waals surface area contributed by atoms with Crippen LogP contribution in [0.2, 0.25) is 0 Å². The lowest BCUT2D eigenvalue weighted by molar-refractivity contribution is -0.147. The molecular weight excluding hydrogens is 842 g/mol. The number of aliphatic carboxylic acids is 1.